The van der Waals surface area contributed by atoms with Gasteiger partial charge >= 0.3 is 0 Å². The van der Waals surface area contributed by atoms with E-state index in [0.717, 1.165) is 12.1 Å². The minimum absolute atomic E-state index is 0.0608. The molecule has 27 heavy (non-hydrogen) atoms. The Balaban J connectivity index is 1.81. The van der Waals surface area contributed by atoms with Gasteiger partial charge in [0.1, 0.15) is 11.6 Å². The first-order chi connectivity index (χ1) is 12.9. The molecule has 0 bridgehead atoms. The number of halogens is 2. The Bertz CT molecular complexity index is 994. The van der Waals surface area contributed by atoms with E-state index in [9.17, 15) is 23.2 Å². The van der Waals surface area contributed by atoms with Crippen LogP contribution in [0.15, 0.2) is 42.5 Å². The van der Waals surface area contributed by atoms with Crippen molar-refractivity contribution in [3.8, 4) is 0 Å². The van der Waals surface area contributed by atoms with Gasteiger partial charge in [0, 0.05) is 26.0 Å². The molecule has 0 radical (unpaired) electrons. The predicted octanol–water partition coefficient (Wildman–Crippen LogP) is 2.51. The molecule has 0 saturated carbocycles. The number of para-hydroxylation sites is 1. The summed E-state index contributed by atoms with van der Waals surface area (Å²) in [6.07, 6.45) is 0.127. The molecule has 2 aliphatic rings. The minimum atomic E-state index is -1.61. The van der Waals surface area contributed by atoms with E-state index in [4.69, 9.17) is 0 Å². The van der Waals surface area contributed by atoms with Crippen LogP contribution in [0.3, 0.4) is 0 Å². The van der Waals surface area contributed by atoms with E-state index in [1.807, 2.05) is 0 Å². The van der Waals surface area contributed by atoms with Crippen molar-refractivity contribution in [2.45, 2.75) is 18.5 Å². The molecule has 1 saturated heterocycles. The van der Waals surface area contributed by atoms with Gasteiger partial charge in [-0.05, 0) is 24.3 Å². The highest BCUT2D eigenvalue weighted by molar-refractivity contribution is 6.18. The molecule has 2 aromatic carbocycles. The quantitative estimate of drug-likeness (QED) is 0.882. The molecule has 1 N–H and O–H groups in total. The van der Waals surface area contributed by atoms with E-state index in [-0.39, 0.29) is 24.4 Å². The maximum Gasteiger partial charge on any atom is 0.271 e. The Morgan fingerprint density at radius 3 is 2.63 bits per heavy atom. The van der Waals surface area contributed by atoms with Crippen molar-refractivity contribution in [1.29, 1.82) is 0 Å². The second-order valence-corrected chi connectivity index (χ2v) is 6.51. The zero-order valence-electron chi connectivity index (χ0n) is 14.3. The van der Waals surface area contributed by atoms with Gasteiger partial charge in [0.15, 0.2) is 0 Å². The van der Waals surface area contributed by atoms with Gasteiger partial charge in [-0.1, -0.05) is 12.1 Å². The molecule has 6 nitrogen and oxygen atoms in total. The molecule has 4 rings (SSSR count). The minimum Gasteiger partial charge on any atom is -0.320 e. The lowest BCUT2D eigenvalue weighted by Gasteiger charge is -2.47. The molecular formula is C19H15F2N3O3. The van der Waals surface area contributed by atoms with E-state index in [2.05, 4.69) is 5.32 Å². The van der Waals surface area contributed by atoms with Crippen LogP contribution in [0.25, 0.3) is 0 Å². The van der Waals surface area contributed by atoms with Crippen molar-refractivity contribution < 1.29 is 23.2 Å². The molecule has 2 aliphatic heterocycles. The summed E-state index contributed by atoms with van der Waals surface area (Å²) in [5.74, 6) is -3.17. The number of hydrogen-bond donors (Lipinski definition) is 1. The lowest BCUT2D eigenvalue weighted by molar-refractivity contribution is -0.128. The molecule has 0 unspecified atom stereocenters. The number of nitrogens with one attached hydrogen (secondary N) is 1. The number of likely N-dealkylation sites (N-methyl/N-ethyl adjacent to an activating group) is 1. The molecule has 138 valence electrons. The van der Waals surface area contributed by atoms with E-state index < -0.39 is 29.1 Å². The number of rotatable bonds is 2. The zero-order valence-corrected chi connectivity index (χ0v) is 14.3. The van der Waals surface area contributed by atoms with Gasteiger partial charge in [0.25, 0.3) is 11.8 Å². The van der Waals surface area contributed by atoms with E-state index >= 15 is 0 Å². The summed E-state index contributed by atoms with van der Waals surface area (Å²) in [6.45, 7) is 0. The highest BCUT2D eigenvalue weighted by Crippen LogP contribution is 2.44. The fourth-order valence-electron chi connectivity index (χ4n) is 3.74. The standard InChI is InChI=1S/C19H15F2N3O3/c1-23-17(26)12-4-2-3-5-15(12)24-16(25)8-9-19(23,24)18(27)22-14-7-6-11(20)10-13(14)21/h2-7,10H,8-9H2,1H3,(H,22,27)/t19-/m0/s1. The number of carbonyl (C=O) groups excluding carboxylic acids is 3. The molecule has 1 fully saturated rings. The van der Waals surface area contributed by atoms with Crippen LogP contribution in [0, 0.1) is 11.6 Å². The predicted molar refractivity (Wildman–Crippen MR) is 93.0 cm³/mol. The van der Waals surface area contributed by atoms with Crippen molar-refractivity contribution in [2.24, 2.45) is 0 Å². The molecule has 0 spiro atoms. The first-order valence-electron chi connectivity index (χ1n) is 8.33. The smallest absolute Gasteiger partial charge is 0.271 e. The Labute approximate surface area is 153 Å². The van der Waals surface area contributed by atoms with Crippen LogP contribution in [0.4, 0.5) is 20.2 Å². The summed E-state index contributed by atoms with van der Waals surface area (Å²) in [7, 11) is 1.43. The van der Waals surface area contributed by atoms with Crippen molar-refractivity contribution in [3.63, 3.8) is 0 Å². The normalized spacial score (nSPS) is 21.1. The second kappa shape index (κ2) is 5.87. The van der Waals surface area contributed by atoms with Gasteiger partial charge < -0.3 is 10.2 Å². The monoisotopic (exact) mass is 371 g/mol. The Kier molecular flexibility index (Phi) is 3.73. The highest BCUT2D eigenvalue weighted by Gasteiger charge is 2.59. The van der Waals surface area contributed by atoms with Crippen LogP contribution < -0.4 is 10.2 Å². The zero-order chi connectivity index (χ0) is 19.3. The average Bonchev–Trinajstić information content (AvgIpc) is 3.01. The van der Waals surface area contributed by atoms with Crippen LogP contribution >= 0.6 is 0 Å². The topological polar surface area (TPSA) is 69.7 Å². The van der Waals surface area contributed by atoms with Gasteiger partial charge in [-0.15, -0.1) is 0 Å². The van der Waals surface area contributed by atoms with Gasteiger partial charge in [0.05, 0.1) is 16.9 Å². The Hall–Kier alpha value is -3.29. The van der Waals surface area contributed by atoms with Gasteiger partial charge in [0.2, 0.25) is 11.6 Å². The third-order valence-corrected chi connectivity index (χ3v) is 5.08. The van der Waals surface area contributed by atoms with Gasteiger partial charge in [-0.3, -0.25) is 19.3 Å². The first kappa shape index (κ1) is 17.1. The van der Waals surface area contributed by atoms with E-state index in [0.29, 0.717) is 17.3 Å². The molecule has 1 atom stereocenters. The van der Waals surface area contributed by atoms with Crippen molar-refractivity contribution >= 4 is 29.1 Å². The molecule has 3 amide bonds. The maximum atomic E-state index is 14.0. The third-order valence-electron chi connectivity index (χ3n) is 5.08. The summed E-state index contributed by atoms with van der Waals surface area (Å²) in [6, 6.07) is 9.29. The maximum absolute atomic E-state index is 14.0. The highest BCUT2D eigenvalue weighted by atomic mass is 19.1. The van der Waals surface area contributed by atoms with Gasteiger partial charge in [-0.25, -0.2) is 8.78 Å². The second-order valence-electron chi connectivity index (χ2n) is 6.51. The first-order valence-corrected chi connectivity index (χ1v) is 8.33. The van der Waals surface area contributed by atoms with Crippen LogP contribution in [-0.4, -0.2) is 35.3 Å². The summed E-state index contributed by atoms with van der Waals surface area (Å²) in [4.78, 5) is 41.1. The van der Waals surface area contributed by atoms with E-state index in [1.165, 1.54) is 16.8 Å². The summed E-state index contributed by atoms with van der Waals surface area (Å²) in [5, 5.41) is 2.40. The number of anilines is 2. The SMILES string of the molecule is CN1C(=O)c2ccccc2N2C(=O)CC[C@]12C(=O)Nc1ccc(F)cc1F. The molecule has 0 aromatic heterocycles. The number of nitrogens with zero attached hydrogens (tertiary/aromatic N) is 2. The number of fused-ring (bicyclic) bond motifs is 3. The number of amides is 3. The average molecular weight is 371 g/mol. The lowest BCUT2D eigenvalue weighted by Crippen LogP contribution is -2.68. The van der Waals surface area contributed by atoms with Crippen molar-refractivity contribution in [2.75, 3.05) is 17.3 Å². The fraction of sp³-hybridized carbons (Fsp3) is 0.211. The van der Waals surface area contributed by atoms with Crippen LogP contribution in [-0.2, 0) is 9.59 Å². The molecule has 2 heterocycles. The molecule has 0 aliphatic carbocycles. The number of benzene rings is 2. The molecule has 2 aromatic rings. The van der Waals surface area contributed by atoms with E-state index in [1.54, 1.807) is 24.3 Å². The van der Waals surface area contributed by atoms with Crippen molar-refractivity contribution in [1.82, 2.24) is 4.90 Å². The Morgan fingerprint density at radius 1 is 1.15 bits per heavy atom. The number of hydrogen-bond acceptors (Lipinski definition) is 3. The van der Waals surface area contributed by atoms with Crippen LogP contribution in [0.1, 0.15) is 23.2 Å². The molecule has 8 heteroatoms. The summed E-state index contributed by atoms with van der Waals surface area (Å²) >= 11 is 0. The Morgan fingerprint density at radius 2 is 1.89 bits per heavy atom. The number of carbonyl (C=O) groups is 3. The van der Waals surface area contributed by atoms with Gasteiger partial charge in [-0.2, -0.15) is 0 Å². The lowest BCUT2D eigenvalue weighted by atomic mass is 9.96. The third kappa shape index (κ3) is 2.33. The summed E-state index contributed by atoms with van der Waals surface area (Å²) < 4.78 is 27.1. The summed E-state index contributed by atoms with van der Waals surface area (Å²) in [5.41, 5.74) is -1.18. The molecular weight excluding hydrogens is 356 g/mol. The fourth-order valence-corrected chi connectivity index (χ4v) is 3.74. The van der Waals surface area contributed by atoms with Crippen molar-refractivity contribution in [3.05, 3.63) is 59.7 Å². The van der Waals surface area contributed by atoms with Crippen LogP contribution in [0.2, 0.25) is 0 Å². The largest absolute Gasteiger partial charge is 0.320 e. The van der Waals surface area contributed by atoms with Crippen LogP contribution in [0.5, 0.6) is 0 Å².